The molecule has 0 N–H and O–H groups in total. The van der Waals surface area contributed by atoms with Crippen LogP contribution >= 0.6 is 0 Å². The van der Waals surface area contributed by atoms with Gasteiger partial charge in [-0.25, -0.2) is 0 Å². The molecule has 0 saturated carbocycles. The van der Waals surface area contributed by atoms with Gasteiger partial charge in [0.05, 0.1) is 40.3 Å². The highest BCUT2D eigenvalue weighted by Crippen LogP contribution is 2.15. The molecule has 2 unspecified atom stereocenters. The van der Waals surface area contributed by atoms with Crippen LogP contribution in [0.3, 0.4) is 0 Å². The number of unbranched alkanes of at least 4 members (excludes halogenated alkanes) is 19. The zero-order valence-corrected chi connectivity index (χ0v) is 39.8. The molecule has 61 heavy (non-hydrogen) atoms. The van der Waals surface area contributed by atoms with E-state index in [-0.39, 0.29) is 38.6 Å². The summed E-state index contributed by atoms with van der Waals surface area (Å²) in [6, 6.07) is 0. The number of quaternary nitrogens is 1. The third kappa shape index (κ3) is 44.8. The maximum Gasteiger partial charge on any atom is 0.306 e. The first kappa shape index (κ1) is 58.0. The zero-order valence-electron chi connectivity index (χ0n) is 39.8. The van der Waals surface area contributed by atoms with Gasteiger partial charge in [0.2, 0.25) is 0 Å². The van der Waals surface area contributed by atoms with Crippen molar-refractivity contribution in [1.29, 1.82) is 0 Å². The largest absolute Gasteiger partial charge is 0.545 e. The number of allylic oxidation sites excluding steroid dienone is 10. The van der Waals surface area contributed by atoms with Gasteiger partial charge >= 0.3 is 11.9 Å². The number of nitrogens with zero attached hydrogens (tertiary/aromatic N) is 1. The van der Waals surface area contributed by atoms with E-state index in [4.69, 9.17) is 18.9 Å². The summed E-state index contributed by atoms with van der Waals surface area (Å²) in [7, 11) is 5.90. The van der Waals surface area contributed by atoms with E-state index >= 15 is 0 Å². The normalized spacial score (nSPS) is 13.4. The molecular weight excluding hydrogens is 767 g/mol. The van der Waals surface area contributed by atoms with Crippen LogP contribution in [-0.2, 0) is 33.3 Å². The molecule has 0 spiro atoms. The lowest BCUT2D eigenvalue weighted by molar-refractivity contribution is -0.870. The summed E-state index contributed by atoms with van der Waals surface area (Å²) in [6.07, 6.45) is 49.7. The minimum Gasteiger partial charge on any atom is -0.545 e. The van der Waals surface area contributed by atoms with E-state index < -0.39 is 24.3 Å². The molecule has 0 heterocycles. The Labute approximate surface area is 374 Å². The molecule has 0 aliphatic heterocycles. The van der Waals surface area contributed by atoms with Crippen molar-refractivity contribution in [3.63, 3.8) is 0 Å². The highest BCUT2D eigenvalue weighted by Gasteiger charge is 2.21. The van der Waals surface area contributed by atoms with Crippen molar-refractivity contribution < 1.29 is 42.9 Å². The number of likely N-dealkylation sites (N-methyl/N-ethyl adjacent to an activating group) is 1. The molecule has 9 nitrogen and oxygen atoms in total. The molecule has 0 bridgehead atoms. The second kappa shape index (κ2) is 43.6. The summed E-state index contributed by atoms with van der Waals surface area (Å²) < 4.78 is 22.6. The highest BCUT2D eigenvalue weighted by atomic mass is 16.7. The van der Waals surface area contributed by atoms with Gasteiger partial charge in [0.1, 0.15) is 13.2 Å². The standard InChI is InChI=1S/C52H91NO8/c1-6-8-10-12-14-16-18-19-20-21-22-23-24-25-26-27-28-29-30-31-33-35-37-39-41-43-50(55)61-48(47-60-52(51(56)57)58-45-44-53(3,4)5)46-59-49(54)42-40-38-36-34-32-17-15-13-11-9-7-2/h8,10,13-16,19-20,22-23,48,52H,6-7,9,11-12,17-18,21,24-47H2,1-5H3/b10-8-,15-13-,16-14-,20-19-,23-22-. The van der Waals surface area contributed by atoms with E-state index in [2.05, 4.69) is 74.6 Å². The number of esters is 2. The van der Waals surface area contributed by atoms with E-state index in [0.29, 0.717) is 17.4 Å². The first-order valence-electron chi connectivity index (χ1n) is 24.4. The van der Waals surface area contributed by atoms with Crippen LogP contribution in [0.5, 0.6) is 0 Å². The first-order valence-corrected chi connectivity index (χ1v) is 24.4. The van der Waals surface area contributed by atoms with Crippen LogP contribution in [0.2, 0.25) is 0 Å². The predicted octanol–water partition coefficient (Wildman–Crippen LogP) is 12.0. The molecular formula is C52H91NO8. The van der Waals surface area contributed by atoms with Gasteiger partial charge in [-0.3, -0.25) is 9.59 Å². The third-order valence-electron chi connectivity index (χ3n) is 10.2. The molecule has 0 rings (SSSR count). The fourth-order valence-corrected chi connectivity index (χ4v) is 6.45. The topological polar surface area (TPSA) is 111 Å². The Balaban J connectivity index is 4.27. The monoisotopic (exact) mass is 858 g/mol. The summed E-state index contributed by atoms with van der Waals surface area (Å²) in [5.41, 5.74) is 0. The number of aliphatic carboxylic acids is 1. The molecule has 0 aliphatic carbocycles. The number of hydrogen-bond acceptors (Lipinski definition) is 8. The number of rotatable bonds is 44. The third-order valence-corrected chi connectivity index (χ3v) is 10.2. The number of carboxylic acids is 1. The molecule has 0 aromatic heterocycles. The molecule has 352 valence electrons. The lowest BCUT2D eigenvalue weighted by Crippen LogP contribution is -2.44. The van der Waals surface area contributed by atoms with Gasteiger partial charge in [-0.15, -0.1) is 0 Å². The number of carbonyl (C=O) groups is 3. The minimum absolute atomic E-state index is 0.144. The molecule has 0 fully saturated rings. The Kier molecular flexibility index (Phi) is 41.5. The van der Waals surface area contributed by atoms with E-state index in [1.807, 2.05) is 21.1 Å². The Bertz CT molecular complexity index is 1180. The van der Waals surface area contributed by atoms with Crippen LogP contribution in [0.15, 0.2) is 60.8 Å². The Morgan fingerprint density at radius 2 is 0.934 bits per heavy atom. The van der Waals surface area contributed by atoms with Crippen molar-refractivity contribution in [3.8, 4) is 0 Å². The summed E-state index contributed by atoms with van der Waals surface area (Å²) >= 11 is 0. The van der Waals surface area contributed by atoms with E-state index in [0.717, 1.165) is 89.9 Å². The van der Waals surface area contributed by atoms with Crippen LogP contribution in [0, 0.1) is 0 Å². The number of carboxylic acid groups (broad SMARTS) is 1. The Morgan fingerprint density at radius 3 is 1.41 bits per heavy atom. The number of carbonyl (C=O) groups excluding carboxylic acids is 3. The zero-order chi connectivity index (χ0) is 44.9. The van der Waals surface area contributed by atoms with Crippen molar-refractivity contribution in [1.82, 2.24) is 0 Å². The minimum atomic E-state index is -1.62. The molecule has 0 aromatic rings. The van der Waals surface area contributed by atoms with Crippen molar-refractivity contribution in [2.24, 2.45) is 0 Å². The average molecular weight is 858 g/mol. The van der Waals surface area contributed by atoms with Crippen molar-refractivity contribution >= 4 is 17.9 Å². The highest BCUT2D eigenvalue weighted by molar-refractivity contribution is 5.70. The molecule has 2 atom stereocenters. The molecule has 0 aromatic carbocycles. The Morgan fingerprint density at radius 1 is 0.508 bits per heavy atom. The number of ether oxygens (including phenoxy) is 4. The molecule has 9 heteroatoms. The molecule has 0 radical (unpaired) electrons. The van der Waals surface area contributed by atoms with Gasteiger partial charge in [-0.05, 0) is 70.6 Å². The summed E-state index contributed by atoms with van der Waals surface area (Å²) in [5, 5.41) is 11.7. The second-order valence-corrected chi connectivity index (χ2v) is 17.4. The van der Waals surface area contributed by atoms with Crippen molar-refractivity contribution in [2.45, 2.75) is 206 Å². The predicted molar refractivity (Wildman–Crippen MR) is 251 cm³/mol. The van der Waals surface area contributed by atoms with E-state index in [9.17, 15) is 19.5 Å². The maximum atomic E-state index is 12.8. The lowest BCUT2D eigenvalue weighted by Gasteiger charge is -2.26. The van der Waals surface area contributed by atoms with Gasteiger partial charge in [-0.1, -0.05) is 171 Å². The van der Waals surface area contributed by atoms with Gasteiger partial charge in [-0.2, -0.15) is 0 Å². The first-order chi connectivity index (χ1) is 29.6. The van der Waals surface area contributed by atoms with Gasteiger partial charge < -0.3 is 33.3 Å². The fourth-order valence-electron chi connectivity index (χ4n) is 6.45. The summed E-state index contributed by atoms with van der Waals surface area (Å²) in [6.45, 7) is 4.57. The summed E-state index contributed by atoms with van der Waals surface area (Å²) in [5.74, 6) is -2.30. The molecule has 0 aliphatic rings. The average Bonchev–Trinajstić information content (AvgIpc) is 3.22. The van der Waals surface area contributed by atoms with Gasteiger partial charge in [0.25, 0.3) is 0 Å². The van der Waals surface area contributed by atoms with Gasteiger partial charge in [0.15, 0.2) is 12.4 Å². The molecule has 0 amide bonds. The fraction of sp³-hybridized carbons (Fsp3) is 0.750. The van der Waals surface area contributed by atoms with Crippen LogP contribution in [0.4, 0.5) is 0 Å². The van der Waals surface area contributed by atoms with E-state index in [1.54, 1.807) is 0 Å². The molecule has 0 saturated heterocycles. The smallest absolute Gasteiger partial charge is 0.306 e. The van der Waals surface area contributed by atoms with Crippen LogP contribution < -0.4 is 5.11 Å². The summed E-state index contributed by atoms with van der Waals surface area (Å²) in [4.78, 5) is 37.0. The van der Waals surface area contributed by atoms with Crippen molar-refractivity contribution in [3.05, 3.63) is 60.8 Å². The maximum absolute atomic E-state index is 12.8. The van der Waals surface area contributed by atoms with Crippen LogP contribution in [0.1, 0.15) is 194 Å². The number of hydrogen-bond donors (Lipinski definition) is 0. The second-order valence-electron chi connectivity index (χ2n) is 17.4. The van der Waals surface area contributed by atoms with E-state index in [1.165, 1.54) is 70.6 Å². The quantitative estimate of drug-likeness (QED) is 0.0196. The van der Waals surface area contributed by atoms with Crippen molar-refractivity contribution in [2.75, 3.05) is 47.5 Å². The Hall–Kier alpha value is -3.01. The SMILES string of the molecule is CC/C=C\C/C=C\C/C=C\C/C=C\CCCCCCCCCCCCCCC(=O)OC(COC(=O)CCCCCCC/C=C\CCCC)COC(OCC[N+](C)(C)C)C(=O)[O-]. The van der Waals surface area contributed by atoms with Crippen LogP contribution in [-0.4, -0.2) is 82.3 Å². The lowest BCUT2D eigenvalue weighted by atomic mass is 10.0. The van der Waals surface area contributed by atoms with Gasteiger partial charge in [0, 0.05) is 12.8 Å². The van der Waals surface area contributed by atoms with Crippen LogP contribution in [0.25, 0.3) is 0 Å².